The molecule has 1 aliphatic rings. The monoisotopic (exact) mass is 635 g/mol. The second kappa shape index (κ2) is 15.4. The normalized spacial score (nSPS) is 13.1. The van der Waals surface area contributed by atoms with E-state index >= 15 is 0 Å². The molecule has 1 aromatic heterocycles. The van der Waals surface area contributed by atoms with Crippen molar-refractivity contribution >= 4 is 29.1 Å². The van der Waals surface area contributed by atoms with E-state index in [0.29, 0.717) is 23.5 Å². The Hall–Kier alpha value is -5.83. The predicted octanol–water partition coefficient (Wildman–Crippen LogP) is 3.54. The summed E-state index contributed by atoms with van der Waals surface area (Å²) >= 11 is 0. The summed E-state index contributed by atoms with van der Waals surface area (Å²) in [6.07, 6.45) is 6.71. The number of nitrogens with two attached hydrogens (primary N) is 2. The van der Waals surface area contributed by atoms with E-state index in [-0.39, 0.29) is 46.1 Å². The zero-order valence-electron chi connectivity index (χ0n) is 27.1. The summed E-state index contributed by atoms with van der Waals surface area (Å²) in [6, 6.07) is 16.7. The second-order valence-corrected chi connectivity index (χ2v) is 11.3. The molecule has 47 heavy (non-hydrogen) atoms. The summed E-state index contributed by atoms with van der Waals surface area (Å²) in [5, 5.41) is 21.6. The molecule has 3 amide bonds. The van der Waals surface area contributed by atoms with E-state index in [4.69, 9.17) is 11.5 Å². The van der Waals surface area contributed by atoms with Crippen LogP contribution in [-0.4, -0.2) is 48.7 Å². The lowest BCUT2D eigenvalue weighted by atomic mass is 9.97. The standard InChI is InChI=1S/C35H41N9O3/c1-5-7-21-14-15-41-25(16-21)20-44(4)35(47)27-13-12-23(17-24(27)19-36)26-8-6-9-28(32(26)39-2)42-29(31(38)34(46)40-3)18-30(37)43-33(45)22-10-11-22/h6,8-9,12-18,22,39,42H,5,7,10-11,20,37-38H2,1-4H3,(H,40,46)(H,43,45)/b30-18+,31-29+. The number of amides is 3. The third-order valence-electron chi connectivity index (χ3n) is 7.71. The van der Waals surface area contributed by atoms with E-state index in [1.54, 1.807) is 55.5 Å². The number of carbonyl (C=O) groups excluding carboxylic acids is 3. The van der Waals surface area contributed by atoms with Gasteiger partial charge in [0.05, 0.1) is 46.5 Å². The van der Waals surface area contributed by atoms with Crippen LogP contribution in [0.1, 0.15) is 53.4 Å². The second-order valence-electron chi connectivity index (χ2n) is 11.3. The van der Waals surface area contributed by atoms with Crippen molar-refractivity contribution in [1.82, 2.24) is 20.5 Å². The Kier molecular flexibility index (Phi) is 11.2. The van der Waals surface area contributed by atoms with Crippen molar-refractivity contribution in [3.63, 3.8) is 0 Å². The van der Waals surface area contributed by atoms with Gasteiger partial charge in [-0.2, -0.15) is 5.26 Å². The van der Waals surface area contributed by atoms with Gasteiger partial charge in [0.1, 0.15) is 11.5 Å². The van der Waals surface area contributed by atoms with Crippen LogP contribution in [0.5, 0.6) is 0 Å². The van der Waals surface area contributed by atoms with Gasteiger partial charge in [0.2, 0.25) is 5.91 Å². The molecule has 12 heteroatoms. The van der Waals surface area contributed by atoms with Gasteiger partial charge in [0.25, 0.3) is 11.8 Å². The van der Waals surface area contributed by atoms with Gasteiger partial charge in [-0.1, -0.05) is 31.5 Å². The highest BCUT2D eigenvalue weighted by Crippen LogP contribution is 2.36. The first-order valence-corrected chi connectivity index (χ1v) is 15.4. The number of aromatic nitrogens is 1. The Morgan fingerprint density at radius 2 is 1.87 bits per heavy atom. The van der Waals surface area contributed by atoms with Crippen molar-refractivity contribution in [2.24, 2.45) is 17.4 Å². The van der Waals surface area contributed by atoms with E-state index in [2.05, 4.69) is 39.2 Å². The Morgan fingerprint density at radius 1 is 1.11 bits per heavy atom. The smallest absolute Gasteiger partial charge is 0.269 e. The zero-order chi connectivity index (χ0) is 34.1. The first kappa shape index (κ1) is 34.1. The molecular weight excluding hydrogens is 594 g/mol. The molecule has 0 aliphatic heterocycles. The molecule has 1 fully saturated rings. The Balaban J connectivity index is 1.63. The van der Waals surface area contributed by atoms with E-state index in [0.717, 1.165) is 42.5 Å². The highest BCUT2D eigenvalue weighted by Gasteiger charge is 2.29. The Morgan fingerprint density at radius 3 is 2.53 bits per heavy atom. The number of para-hydroxylation sites is 1. The number of likely N-dealkylation sites (N-methyl/N-ethyl adjacent to an activating group) is 1. The van der Waals surface area contributed by atoms with Crippen molar-refractivity contribution in [1.29, 1.82) is 5.26 Å². The summed E-state index contributed by atoms with van der Waals surface area (Å²) < 4.78 is 0. The molecule has 12 nitrogen and oxygen atoms in total. The van der Waals surface area contributed by atoms with E-state index in [1.165, 1.54) is 13.1 Å². The summed E-state index contributed by atoms with van der Waals surface area (Å²) in [5.41, 5.74) is 17.3. The van der Waals surface area contributed by atoms with Gasteiger partial charge in [0.15, 0.2) is 0 Å². The van der Waals surface area contributed by atoms with Crippen LogP contribution in [0, 0.1) is 17.2 Å². The topological polar surface area (TPSA) is 191 Å². The first-order valence-electron chi connectivity index (χ1n) is 15.4. The summed E-state index contributed by atoms with van der Waals surface area (Å²) in [4.78, 5) is 44.2. The van der Waals surface area contributed by atoms with Gasteiger partial charge in [-0.15, -0.1) is 0 Å². The number of hydrogen-bond donors (Lipinski definition) is 6. The van der Waals surface area contributed by atoms with Crippen molar-refractivity contribution in [3.8, 4) is 17.2 Å². The molecule has 1 saturated carbocycles. The lowest BCUT2D eigenvalue weighted by molar-refractivity contribution is -0.121. The molecule has 1 heterocycles. The van der Waals surface area contributed by atoms with E-state index < -0.39 is 5.91 Å². The first-order chi connectivity index (χ1) is 22.6. The minimum atomic E-state index is -0.541. The number of benzene rings is 2. The number of hydrogen-bond acceptors (Lipinski definition) is 9. The Bertz CT molecular complexity index is 1770. The lowest BCUT2D eigenvalue weighted by Crippen LogP contribution is -2.31. The average molecular weight is 636 g/mol. The highest BCUT2D eigenvalue weighted by atomic mass is 16.2. The summed E-state index contributed by atoms with van der Waals surface area (Å²) in [6.45, 7) is 2.42. The van der Waals surface area contributed by atoms with Crippen molar-refractivity contribution in [2.75, 3.05) is 31.8 Å². The number of rotatable bonds is 13. The quantitative estimate of drug-likeness (QED) is 0.120. The van der Waals surface area contributed by atoms with Gasteiger partial charge in [-0.25, -0.2) is 0 Å². The largest absolute Gasteiger partial charge is 0.393 e. The van der Waals surface area contributed by atoms with Gasteiger partial charge >= 0.3 is 0 Å². The maximum absolute atomic E-state index is 13.5. The number of carbonyl (C=O) groups is 3. The van der Waals surface area contributed by atoms with Crippen LogP contribution in [0.2, 0.25) is 0 Å². The van der Waals surface area contributed by atoms with Crippen molar-refractivity contribution < 1.29 is 14.4 Å². The number of nitriles is 1. The molecule has 0 radical (unpaired) electrons. The third-order valence-corrected chi connectivity index (χ3v) is 7.71. The zero-order valence-corrected chi connectivity index (χ0v) is 27.1. The molecule has 0 atom stereocenters. The van der Waals surface area contributed by atoms with Crippen molar-refractivity contribution in [3.05, 3.63) is 100 Å². The number of nitrogens with zero attached hydrogens (tertiary/aromatic N) is 3. The maximum Gasteiger partial charge on any atom is 0.269 e. The minimum absolute atomic E-state index is 0.0340. The molecule has 0 spiro atoms. The van der Waals surface area contributed by atoms with Crippen LogP contribution in [0.25, 0.3) is 11.1 Å². The number of aryl methyl sites for hydroxylation is 1. The fraction of sp³-hybridized carbons (Fsp3) is 0.286. The fourth-order valence-electron chi connectivity index (χ4n) is 5.10. The van der Waals surface area contributed by atoms with Crippen LogP contribution < -0.4 is 32.7 Å². The molecule has 4 rings (SSSR count). The van der Waals surface area contributed by atoms with Crippen LogP contribution in [0.3, 0.4) is 0 Å². The summed E-state index contributed by atoms with van der Waals surface area (Å²) in [7, 11) is 4.88. The van der Waals surface area contributed by atoms with Gasteiger partial charge in [0, 0.05) is 44.9 Å². The molecule has 2 aromatic carbocycles. The molecule has 0 unspecified atom stereocenters. The number of nitrogens with one attached hydrogen (secondary N) is 4. The van der Waals surface area contributed by atoms with E-state index in [9.17, 15) is 19.6 Å². The third kappa shape index (κ3) is 8.46. The predicted molar refractivity (Wildman–Crippen MR) is 182 cm³/mol. The Labute approximate surface area is 274 Å². The molecule has 1 aliphatic carbocycles. The van der Waals surface area contributed by atoms with Crippen LogP contribution >= 0.6 is 0 Å². The summed E-state index contributed by atoms with van der Waals surface area (Å²) in [5.74, 6) is -1.05. The SMILES string of the molecule is CCCc1ccnc(CN(C)C(=O)c2ccc(-c3cccc(NC(/C=C(\N)NC(=O)C4CC4)=C(/N)C(=O)NC)c3NC)cc2C#N)c1. The van der Waals surface area contributed by atoms with Crippen LogP contribution in [0.4, 0.5) is 11.4 Å². The average Bonchev–Trinajstić information content (AvgIpc) is 3.93. The molecular formula is C35H41N9O3. The minimum Gasteiger partial charge on any atom is -0.393 e. The molecule has 3 aromatic rings. The molecule has 0 bridgehead atoms. The fourth-order valence-corrected chi connectivity index (χ4v) is 5.10. The molecule has 244 valence electrons. The number of allylic oxidation sites excluding steroid dienone is 1. The van der Waals surface area contributed by atoms with Crippen LogP contribution in [0.15, 0.2) is 78.0 Å². The number of anilines is 2. The maximum atomic E-state index is 13.5. The highest BCUT2D eigenvalue weighted by molar-refractivity contribution is 5.98. The van der Waals surface area contributed by atoms with Crippen molar-refractivity contribution in [2.45, 2.75) is 39.2 Å². The number of pyridine rings is 1. The van der Waals surface area contributed by atoms with Gasteiger partial charge in [-0.05, 0) is 60.7 Å². The van der Waals surface area contributed by atoms with E-state index in [1.807, 2.05) is 18.2 Å². The molecule has 8 N–H and O–H groups in total. The van der Waals surface area contributed by atoms with Gasteiger partial charge in [-0.3, -0.25) is 19.4 Å². The molecule has 0 saturated heterocycles. The van der Waals surface area contributed by atoms with Crippen LogP contribution in [-0.2, 0) is 22.6 Å². The van der Waals surface area contributed by atoms with Gasteiger partial charge < -0.3 is 37.6 Å². The lowest BCUT2D eigenvalue weighted by Gasteiger charge is -2.20.